The Balaban J connectivity index is 1.90. The van der Waals surface area contributed by atoms with Crippen LogP contribution in [0.3, 0.4) is 0 Å². The zero-order valence-electron chi connectivity index (χ0n) is 12.4. The highest BCUT2D eigenvalue weighted by molar-refractivity contribution is 6.30. The van der Waals surface area contributed by atoms with Crippen molar-refractivity contribution in [2.45, 2.75) is 39.3 Å². The summed E-state index contributed by atoms with van der Waals surface area (Å²) in [4.78, 5) is 13.9. The Kier molecular flexibility index (Phi) is 5.06. The molecule has 20 heavy (non-hydrogen) atoms. The summed E-state index contributed by atoms with van der Waals surface area (Å²) in [5, 5.41) is 4.36. The summed E-state index contributed by atoms with van der Waals surface area (Å²) in [5.41, 5.74) is 1.19. The number of hydrogen-bond acceptors (Lipinski definition) is 2. The van der Waals surface area contributed by atoms with Gasteiger partial charge in [0.25, 0.3) is 0 Å². The first-order valence-corrected chi connectivity index (χ1v) is 7.65. The highest BCUT2D eigenvalue weighted by Crippen LogP contribution is 2.20. The largest absolute Gasteiger partial charge is 0.341 e. The van der Waals surface area contributed by atoms with Gasteiger partial charge in [-0.25, -0.2) is 0 Å². The second kappa shape index (κ2) is 6.59. The topological polar surface area (TPSA) is 32.3 Å². The van der Waals surface area contributed by atoms with E-state index in [1.807, 2.05) is 36.9 Å². The van der Waals surface area contributed by atoms with Gasteiger partial charge in [-0.05, 0) is 31.0 Å². The van der Waals surface area contributed by atoms with Crippen LogP contribution in [0.15, 0.2) is 24.3 Å². The summed E-state index contributed by atoms with van der Waals surface area (Å²) in [7, 11) is 0. The molecule has 1 aliphatic rings. The lowest BCUT2D eigenvalue weighted by Gasteiger charge is -2.22. The molecule has 0 saturated carbocycles. The SMILES string of the molecule is CC(C)C(=O)N1CC[C@@H](N[C@H](C)c2cccc(Cl)c2)C1. The van der Waals surface area contributed by atoms with Crippen molar-refractivity contribution in [3.63, 3.8) is 0 Å². The van der Waals surface area contributed by atoms with Crippen LogP contribution < -0.4 is 5.32 Å². The normalized spacial score (nSPS) is 20.4. The Bertz CT molecular complexity index is 475. The minimum atomic E-state index is 0.0825. The van der Waals surface area contributed by atoms with Gasteiger partial charge >= 0.3 is 0 Å². The predicted molar refractivity (Wildman–Crippen MR) is 82.8 cm³/mol. The lowest BCUT2D eigenvalue weighted by Crippen LogP contribution is -2.37. The molecule has 0 spiro atoms. The van der Waals surface area contributed by atoms with Crippen molar-refractivity contribution in [3.8, 4) is 0 Å². The molecule has 0 bridgehead atoms. The van der Waals surface area contributed by atoms with Gasteiger partial charge in [0.05, 0.1) is 0 Å². The van der Waals surface area contributed by atoms with Crippen molar-refractivity contribution in [1.82, 2.24) is 10.2 Å². The monoisotopic (exact) mass is 294 g/mol. The zero-order chi connectivity index (χ0) is 14.7. The maximum Gasteiger partial charge on any atom is 0.225 e. The molecule has 1 saturated heterocycles. The maximum absolute atomic E-state index is 12.0. The molecule has 0 aliphatic carbocycles. The van der Waals surface area contributed by atoms with Gasteiger partial charge in [-0.3, -0.25) is 4.79 Å². The van der Waals surface area contributed by atoms with Crippen molar-refractivity contribution >= 4 is 17.5 Å². The van der Waals surface area contributed by atoms with Crippen molar-refractivity contribution in [2.75, 3.05) is 13.1 Å². The predicted octanol–water partition coefficient (Wildman–Crippen LogP) is 3.25. The number of halogens is 1. The van der Waals surface area contributed by atoms with Crippen LogP contribution in [0.4, 0.5) is 0 Å². The fraction of sp³-hybridized carbons (Fsp3) is 0.562. The average molecular weight is 295 g/mol. The van der Waals surface area contributed by atoms with E-state index in [2.05, 4.69) is 18.3 Å². The summed E-state index contributed by atoms with van der Waals surface area (Å²) in [6.07, 6.45) is 1.02. The standard InChI is InChI=1S/C16H23ClN2O/c1-11(2)16(20)19-8-7-15(10-19)18-12(3)13-5-4-6-14(17)9-13/h4-6,9,11-12,15,18H,7-8,10H2,1-3H3/t12-,15-/m1/s1. The highest BCUT2D eigenvalue weighted by Gasteiger charge is 2.28. The highest BCUT2D eigenvalue weighted by atomic mass is 35.5. The van der Waals surface area contributed by atoms with E-state index in [0.29, 0.717) is 6.04 Å². The van der Waals surface area contributed by atoms with Gasteiger partial charge < -0.3 is 10.2 Å². The number of nitrogens with one attached hydrogen (secondary N) is 1. The van der Waals surface area contributed by atoms with Crippen LogP contribution in [0.25, 0.3) is 0 Å². The number of benzene rings is 1. The average Bonchev–Trinajstić information content (AvgIpc) is 2.86. The Morgan fingerprint density at radius 2 is 2.15 bits per heavy atom. The third-order valence-corrected chi connectivity index (χ3v) is 4.06. The van der Waals surface area contributed by atoms with Gasteiger partial charge in [0.2, 0.25) is 5.91 Å². The van der Waals surface area contributed by atoms with E-state index in [9.17, 15) is 4.79 Å². The van der Waals surface area contributed by atoms with Crippen molar-refractivity contribution in [1.29, 1.82) is 0 Å². The van der Waals surface area contributed by atoms with Crippen LogP contribution in [-0.2, 0) is 4.79 Å². The lowest BCUT2D eigenvalue weighted by molar-refractivity contribution is -0.133. The minimum Gasteiger partial charge on any atom is -0.341 e. The van der Waals surface area contributed by atoms with Gasteiger partial charge in [-0.15, -0.1) is 0 Å². The summed E-state index contributed by atoms with van der Waals surface area (Å²) in [6, 6.07) is 8.54. The van der Waals surface area contributed by atoms with Crippen LogP contribution in [0, 0.1) is 5.92 Å². The van der Waals surface area contributed by atoms with Crippen LogP contribution in [-0.4, -0.2) is 29.9 Å². The molecule has 1 fully saturated rings. The molecule has 0 unspecified atom stereocenters. The molecular weight excluding hydrogens is 272 g/mol. The number of carbonyl (C=O) groups excluding carboxylic acids is 1. The van der Waals surface area contributed by atoms with Gasteiger partial charge in [0.1, 0.15) is 0 Å². The minimum absolute atomic E-state index is 0.0825. The van der Waals surface area contributed by atoms with Crippen molar-refractivity contribution in [3.05, 3.63) is 34.9 Å². The third kappa shape index (κ3) is 3.74. The van der Waals surface area contributed by atoms with Gasteiger partial charge in [-0.2, -0.15) is 0 Å². The number of likely N-dealkylation sites (tertiary alicyclic amines) is 1. The Morgan fingerprint density at radius 3 is 2.80 bits per heavy atom. The molecule has 2 atom stereocenters. The first-order chi connectivity index (χ1) is 9.47. The van der Waals surface area contributed by atoms with Gasteiger partial charge in [-0.1, -0.05) is 37.6 Å². The number of amides is 1. The number of nitrogens with zero attached hydrogens (tertiary/aromatic N) is 1. The first-order valence-electron chi connectivity index (χ1n) is 7.27. The molecule has 1 N–H and O–H groups in total. The van der Waals surface area contributed by atoms with E-state index in [0.717, 1.165) is 24.5 Å². The number of carbonyl (C=O) groups is 1. The van der Waals surface area contributed by atoms with Gasteiger partial charge in [0, 0.05) is 36.1 Å². The van der Waals surface area contributed by atoms with E-state index >= 15 is 0 Å². The van der Waals surface area contributed by atoms with Crippen molar-refractivity contribution in [2.24, 2.45) is 5.92 Å². The second-order valence-electron chi connectivity index (χ2n) is 5.87. The molecule has 1 aliphatic heterocycles. The first kappa shape index (κ1) is 15.3. The zero-order valence-corrected chi connectivity index (χ0v) is 13.2. The quantitative estimate of drug-likeness (QED) is 0.924. The van der Waals surface area contributed by atoms with Crippen LogP contribution >= 0.6 is 11.6 Å². The van der Waals surface area contributed by atoms with Crippen LogP contribution in [0.2, 0.25) is 5.02 Å². The number of rotatable bonds is 4. The summed E-state index contributed by atoms with van der Waals surface area (Å²) < 4.78 is 0. The second-order valence-corrected chi connectivity index (χ2v) is 6.30. The maximum atomic E-state index is 12.0. The smallest absolute Gasteiger partial charge is 0.225 e. The molecule has 1 aromatic carbocycles. The van der Waals surface area contributed by atoms with E-state index in [1.165, 1.54) is 5.56 Å². The van der Waals surface area contributed by atoms with Gasteiger partial charge in [0.15, 0.2) is 0 Å². The molecule has 1 amide bonds. The summed E-state index contributed by atoms with van der Waals surface area (Å²) >= 11 is 6.02. The van der Waals surface area contributed by atoms with E-state index in [4.69, 9.17) is 11.6 Å². The summed E-state index contributed by atoms with van der Waals surface area (Å²) in [5.74, 6) is 0.337. The summed E-state index contributed by atoms with van der Waals surface area (Å²) in [6.45, 7) is 7.72. The van der Waals surface area contributed by atoms with E-state index in [1.54, 1.807) is 0 Å². The molecule has 0 radical (unpaired) electrons. The fourth-order valence-electron chi connectivity index (χ4n) is 2.69. The van der Waals surface area contributed by atoms with Crippen molar-refractivity contribution < 1.29 is 4.79 Å². The van der Waals surface area contributed by atoms with Crippen LogP contribution in [0.1, 0.15) is 38.8 Å². The Labute approximate surface area is 126 Å². The molecule has 3 nitrogen and oxygen atoms in total. The Hall–Kier alpha value is -1.06. The Morgan fingerprint density at radius 1 is 1.40 bits per heavy atom. The molecule has 4 heteroatoms. The lowest BCUT2D eigenvalue weighted by atomic mass is 10.1. The molecule has 2 rings (SSSR count). The number of hydrogen-bond donors (Lipinski definition) is 1. The molecule has 110 valence electrons. The van der Waals surface area contributed by atoms with E-state index < -0.39 is 0 Å². The fourth-order valence-corrected chi connectivity index (χ4v) is 2.89. The van der Waals surface area contributed by atoms with Crippen LogP contribution in [0.5, 0.6) is 0 Å². The molecular formula is C16H23ClN2O. The third-order valence-electron chi connectivity index (χ3n) is 3.83. The molecule has 1 aromatic rings. The molecule has 1 heterocycles. The molecule has 0 aromatic heterocycles. The van der Waals surface area contributed by atoms with E-state index in [-0.39, 0.29) is 17.9 Å².